The van der Waals surface area contributed by atoms with Gasteiger partial charge in [-0.05, 0) is 20.8 Å². The molecule has 0 saturated carbocycles. The number of piperidine rings is 1. The van der Waals surface area contributed by atoms with Crippen molar-refractivity contribution in [1.29, 1.82) is 0 Å². The van der Waals surface area contributed by atoms with Crippen molar-refractivity contribution >= 4 is 6.09 Å². The molecule has 10 nitrogen and oxygen atoms in total. The number of β-amino-alcohol motifs (C(OH)–C–C–N with tert-alkyl or cyclic N) is 1. The third-order valence-corrected chi connectivity index (χ3v) is 3.59. The van der Waals surface area contributed by atoms with Gasteiger partial charge in [0.2, 0.25) is 5.82 Å². The molecule has 0 unspecified atom stereocenters. The molecule has 0 aromatic carbocycles. The number of halogens is 1. The second-order valence-corrected chi connectivity index (χ2v) is 6.74. The maximum Gasteiger partial charge on any atom is 0.412 e. The number of aliphatic hydroxyl groups is 3. The van der Waals surface area contributed by atoms with Gasteiger partial charge in [0.05, 0.1) is 12.7 Å². The molecule has 1 aromatic rings. The average Bonchev–Trinajstić information content (AvgIpc) is 2.47. The van der Waals surface area contributed by atoms with E-state index in [0.29, 0.717) is 10.8 Å². The summed E-state index contributed by atoms with van der Waals surface area (Å²) in [6.45, 7) is 4.26. The van der Waals surface area contributed by atoms with E-state index < -0.39 is 59.8 Å². The third kappa shape index (κ3) is 3.89. The van der Waals surface area contributed by atoms with E-state index >= 15 is 0 Å². The van der Waals surface area contributed by atoms with E-state index in [1.807, 2.05) is 0 Å². The molecule has 0 aliphatic carbocycles. The minimum atomic E-state index is -1.83. The maximum atomic E-state index is 13.6. The smallest absolute Gasteiger partial charge is 0.412 e. The molecule has 0 radical (unpaired) electrons. The van der Waals surface area contributed by atoms with Crippen molar-refractivity contribution in [3.63, 3.8) is 0 Å². The van der Waals surface area contributed by atoms with Gasteiger partial charge in [-0.2, -0.15) is 4.39 Å². The molecular formula is C14H20FN3O7. The van der Waals surface area contributed by atoms with Crippen LogP contribution in [0.5, 0.6) is 0 Å². The first-order valence-corrected chi connectivity index (χ1v) is 7.47. The summed E-state index contributed by atoms with van der Waals surface area (Å²) >= 11 is 0. The van der Waals surface area contributed by atoms with Gasteiger partial charge in [0.1, 0.15) is 30.1 Å². The first kappa shape index (κ1) is 19.1. The quantitative estimate of drug-likeness (QED) is 0.477. The highest BCUT2D eigenvalue weighted by Gasteiger charge is 2.46. The van der Waals surface area contributed by atoms with Gasteiger partial charge in [-0.3, -0.25) is 19.2 Å². The van der Waals surface area contributed by atoms with Crippen LogP contribution in [0.2, 0.25) is 0 Å². The number of aromatic nitrogens is 2. The molecule has 0 spiro atoms. The summed E-state index contributed by atoms with van der Waals surface area (Å²) in [7, 11) is 0. The molecule has 1 aliphatic heterocycles. The zero-order chi connectivity index (χ0) is 19.1. The summed E-state index contributed by atoms with van der Waals surface area (Å²) < 4.78 is 19.3. The molecule has 25 heavy (non-hydrogen) atoms. The lowest BCUT2D eigenvalue weighted by Crippen LogP contribution is -2.62. The molecule has 0 bridgehead atoms. The Bertz CT molecular complexity index is 769. The standard InChI is InChI=1S/C14H20FN3O7/c1-14(2,3)25-13(24)18-5-7(19)8(20)9(21)11(18)17-4-6(15)10(22)16-12(17)23/h4,7-9,11,19-21H,5H2,1-3H3,(H,16,22,23)/t7-,8+,9+,11+/m0/s1. The number of hydrogen-bond acceptors (Lipinski definition) is 7. The number of amides is 1. The largest absolute Gasteiger partial charge is 0.444 e. The minimum absolute atomic E-state index is 0.481. The lowest BCUT2D eigenvalue weighted by Gasteiger charge is -2.44. The summed E-state index contributed by atoms with van der Waals surface area (Å²) in [6.07, 6.45) is -7.13. The number of nitrogens with one attached hydrogen (secondary N) is 1. The third-order valence-electron chi connectivity index (χ3n) is 3.59. The van der Waals surface area contributed by atoms with E-state index in [0.717, 1.165) is 4.90 Å². The number of carbonyl (C=O) groups is 1. The van der Waals surface area contributed by atoms with Gasteiger partial charge in [0.25, 0.3) is 5.56 Å². The highest BCUT2D eigenvalue weighted by Crippen LogP contribution is 2.28. The molecule has 4 N–H and O–H groups in total. The summed E-state index contributed by atoms with van der Waals surface area (Å²) in [5, 5.41) is 29.9. The van der Waals surface area contributed by atoms with Crippen LogP contribution in [-0.4, -0.2) is 66.3 Å². The zero-order valence-electron chi connectivity index (χ0n) is 13.8. The summed E-state index contributed by atoms with van der Waals surface area (Å²) in [5.41, 5.74) is -3.29. The number of carbonyl (C=O) groups excluding carboxylic acids is 1. The lowest BCUT2D eigenvalue weighted by atomic mass is 9.98. The van der Waals surface area contributed by atoms with Crippen LogP contribution in [0.4, 0.5) is 9.18 Å². The topological polar surface area (TPSA) is 145 Å². The fourth-order valence-electron chi connectivity index (χ4n) is 2.48. The van der Waals surface area contributed by atoms with Gasteiger partial charge in [-0.1, -0.05) is 0 Å². The molecule has 1 aliphatic rings. The Morgan fingerprint density at radius 2 is 1.88 bits per heavy atom. The average molecular weight is 361 g/mol. The number of aromatic amines is 1. The SMILES string of the molecule is CC(C)(C)OC(=O)N1C[C@H](O)[C@@H](O)[C@@H](O)[C@@H]1n1cc(F)c(=O)[nH]c1=O. The van der Waals surface area contributed by atoms with Crippen LogP contribution in [0.1, 0.15) is 26.9 Å². The van der Waals surface area contributed by atoms with E-state index in [2.05, 4.69) is 0 Å². The highest BCUT2D eigenvalue weighted by molar-refractivity contribution is 5.68. The van der Waals surface area contributed by atoms with Crippen molar-refractivity contribution in [1.82, 2.24) is 14.5 Å². The number of ether oxygens (including phenoxy) is 1. The van der Waals surface area contributed by atoms with Crippen molar-refractivity contribution < 1.29 is 29.2 Å². The van der Waals surface area contributed by atoms with Crippen LogP contribution in [0.15, 0.2) is 15.8 Å². The highest BCUT2D eigenvalue weighted by atomic mass is 19.1. The van der Waals surface area contributed by atoms with E-state index in [1.54, 1.807) is 25.8 Å². The van der Waals surface area contributed by atoms with Crippen molar-refractivity contribution in [2.75, 3.05) is 6.54 Å². The molecular weight excluding hydrogens is 341 g/mol. The van der Waals surface area contributed by atoms with Crippen molar-refractivity contribution in [2.45, 2.75) is 50.8 Å². The predicted octanol–water partition coefficient (Wildman–Crippen LogP) is -1.49. The van der Waals surface area contributed by atoms with Crippen LogP contribution in [0.25, 0.3) is 0 Å². The molecule has 140 valence electrons. The van der Waals surface area contributed by atoms with Crippen LogP contribution in [0, 0.1) is 5.82 Å². The van der Waals surface area contributed by atoms with Gasteiger partial charge in [0.15, 0.2) is 0 Å². The van der Waals surface area contributed by atoms with Crippen LogP contribution < -0.4 is 11.2 Å². The number of rotatable bonds is 1. The van der Waals surface area contributed by atoms with Crippen molar-refractivity contribution in [2.24, 2.45) is 0 Å². The van der Waals surface area contributed by atoms with E-state index in [9.17, 15) is 34.1 Å². The Hall–Kier alpha value is -2.24. The Labute approximate surface area is 141 Å². The zero-order valence-corrected chi connectivity index (χ0v) is 13.8. The first-order chi connectivity index (χ1) is 11.4. The maximum absolute atomic E-state index is 13.6. The van der Waals surface area contributed by atoms with Gasteiger partial charge < -0.3 is 20.1 Å². The van der Waals surface area contributed by atoms with Gasteiger partial charge in [-0.15, -0.1) is 0 Å². The number of nitrogens with zero attached hydrogens (tertiary/aromatic N) is 2. The number of aliphatic hydroxyl groups excluding tert-OH is 3. The van der Waals surface area contributed by atoms with Gasteiger partial charge in [-0.25, -0.2) is 9.59 Å². The first-order valence-electron chi connectivity index (χ1n) is 7.47. The molecule has 2 rings (SSSR count). The van der Waals surface area contributed by atoms with Crippen LogP contribution in [0.3, 0.4) is 0 Å². The lowest BCUT2D eigenvalue weighted by molar-refractivity contribution is -0.152. The minimum Gasteiger partial charge on any atom is -0.444 e. The van der Waals surface area contributed by atoms with E-state index in [4.69, 9.17) is 4.74 Å². The summed E-state index contributed by atoms with van der Waals surface area (Å²) in [4.78, 5) is 38.0. The Morgan fingerprint density at radius 3 is 2.44 bits per heavy atom. The normalized spacial score (nSPS) is 27.2. The molecule has 1 amide bonds. The molecule has 1 fully saturated rings. The molecule has 1 aromatic heterocycles. The Morgan fingerprint density at radius 1 is 1.28 bits per heavy atom. The van der Waals surface area contributed by atoms with Crippen molar-refractivity contribution in [3.05, 3.63) is 32.9 Å². The fraction of sp³-hybridized carbons (Fsp3) is 0.643. The molecule has 11 heteroatoms. The molecule has 4 atom stereocenters. The number of H-pyrrole nitrogens is 1. The van der Waals surface area contributed by atoms with E-state index in [1.165, 1.54) is 0 Å². The summed E-state index contributed by atoms with van der Waals surface area (Å²) in [6, 6.07) is 0. The van der Waals surface area contributed by atoms with Crippen molar-refractivity contribution in [3.8, 4) is 0 Å². The molecule has 2 heterocycles. The van der Waals surface area contributed by atoms with Gasteiger partial charge in [0, 0.05) is 0 Å². The Balaban J connectivity index is 2.52. The predicted molar refractivity (Wildman–Crippen MR) is 81.3 cm³/mol. The van der Waals surface area contributed by atoms with E-state index in [-0.39, 0.29) is 0 Å². The molecule has 1 saturated heterocycles. The number of hydrogen-bond donors (Lipinski definition) is 4. The van der Waals surface area contributed by atoms with Crippen LogP contribution >= 0.6 is 0 Å². The fourth-order valence-corrected chi connectivity index (χ4v) is 2.48. The second-order valence-electron chi connectivity index (χ2n) is 6.74. The summed E-state index contributed by atoms with van der Waals surface area (Å²) in [5.74, 6) is -1.32. The van der Waals surface area contributed by atoms with Crippen LogP contribution in [-0.2, 0) is 4.74 Å². The number of likely N-dealkylation sites (tertiary alicyclic amines) is 1. The Kier molecular flexibility index (Phi) is 5.02. The van der Waals surface area contributed by atoms with Gasteiger partial charge >= 0.3 is 11.8 Å². The second kappa shape index (κ2) is 6.58. The monoisotopic (exact) mass is 361 g/mol.